The monoisotopic (exact) mass is 264 g/mol. The van der Waals surface area contributed by atoms with Crippen molar-refractivity contribution < 1.29 is 14.3 Å². The van der Waals surface area contributed by atoms with E-state index in [1.165, 1.54) is 5.56 Å². The summed E-state index contributed by atoms with van der Waals surface area (Å²) < 4.78 is 10.4. The molecule has 0 aliphatic carbocycles. The second-order valence-corrected chi connectivity index (χ2v) is 4.93. The summed E-state index contributed by atoms with van der Waals surface area (Å²) in [5, 5.41) is 0. The summed E-state index contributed by atoms with van der Waals surface area (Å²) in [4.78, 5) is 9.98. The summed E-state index contributed by atoms with van der Waals surface area (Å²) in [6.07, 6.45) is 5.27. The molecule has 0 aromatic heterocycles. The van der Waals surface area contributed by atoms with Crippen LogP contribution in [0.2, 0.25) is 0 Å². The number of benzene rings is 1. The van der Waals surface area contributed by atoms with Crippen molar-refractivity contribution in [3.8, 4) is 0 Å². The lowest BCUT2D eigenvalue weighted by Gasteiger charge is -2.28. The summed E-state index contributed by atoms with van der Waals surface area (Å²) in [5.41, 5.74) is 1.02. The second-order valence-electron chi connectivity index (χ2n) is 4.93. The molecule has 1 aromatic carbocycles. The molecule has 1 aromatic rings. The maximum absolute atomic E-state index is 9.98. The molecule has 0 N–H and O–H groups in total. The van der Waals surface area contributed by atoms with E-state index in [1.54, 1.807) is 7.11 Å². The van der Waals surface area contributed by atoms with E-state index in [9.17, 15) is 4.79 Å². The van der Waals surface area contributed by atoms with Crippen LogP contribution in [0.25, 0.3) is 0 Å². The molecule has 0 heterocycles. The first-order valence-electron chi connectivity index (χ1n) is 6.89. The van der Waals surface area contributed by atoms with Crippen molar-refractivity contribution in [2.24, 2.45) is 0 Å². The molecule has 0 aliphatic heterocycles. The van der Waals surface area contributed by atoms with Crippen LogP contribution >= 0.6 is 0 Å². The molecule has 0 saturated heterocycles. The van der Waals surface area contributed by atoms with Crippen molar-refractivity contribution in [2.75, 3.05) is 13.7 Å². The van der Waals surface area contributed by atoms with Gasteiger partial charge < -0.3 is 9.47 Å². The fraction of sp³-hybridized carbons (Fsp3) is 0.562. The van der Waals surface area contributed by atoms with Crippen LogP contribution in [-0.2, 0) is 19.9 Å². The maximum atomic E-state index is 9.98. The SMILES string of the molecule is COC(C)(CCCCCCOC=O)c1ccccc1. The van der Waals surface area contributed by atoms with Crippen LogP contribution in [0.1, 0.15) is 44.6 Å². The number of carbonyl (C=O) groups is 1. The highest BCUT2D eigenvalue weighted by Crippen LogP contribution is 2.30. The van der Waals surface area contributed by atoms with Gasteiger partial charge in [0.2, 0.25) is 0 Å². The fourth-order valence-electron chi connectivity index (χ4n) is 2.20. The van der Waals surface area contributed by atoms with Crippen molar-refractivity contribution >= 4 is 6.47 Å². The average molecular weight is 264 g/mol. The van der Waals surface area contributed by atoms with Crippen LogP contribution in [0, 0.1) is 0 Å². The molecule has 0 amide bonds. The fourth-order valence-corrected chi connectivity index (χ4v) is 2.20. The Hall–Kier alpha value is -1.35. The van der Waals surface area contributed by atoms with E-state index in [2.05, 4.69) is 23.8 Å². The number of ether oxygens (including phenoxy) is 2. The molecule has 106 valence electrons. The lowest BCUT2D eigenvalue weighted by molar-refractivity contribution is -0.128. The molecule has 0 saturated carbocycles. The maximum Gasteiger partial charge on any atom is 0.293 e. The molecule has 0 fully saturated rings. The smallest absolute Gasteiger partial charge is 0.293 e. The largest absolute Gasteiger partial charge is 0.468 e. The van der Waals surface area contributed by atoms with Crippen molar-refractivity contribution in [1.29, 1.82) is 0 Å². The van der Waals surface area contributed by atoms with Gasteiger partial charge in [0.1, 0.15) is 0 Å². The minimum atomic E-state index is -0.208. The van der Waals surface area contributed by atoms with E-state index in [4.69, 9.17) is 4.74 Å². The summed E-state index contributed by atoms with van der Waals surface area (Å²) in [7, 11) is 1.77. The number of unbranched alkanes of at least 4 members (excludes halogenated alkanes) is 3. The van der Waals surface area contributed by atoms with Crippen molar-refractivity contribution in [3.63, 3.8) is 0 Å². The zero-order chi connectivity index (χ0) is 14.0. The van der Waals surface area contributed by atoms with Crippen LogP contribution in [0.4, 0.5) is 0 Å². The Morgan fingerprint density at radius 1 is 1.11 bits per heavy atom. The van der Waals surface area contributed by atoms with E-state index in [-0.39, 0.29) is 5.60 Å². The standard InChI is InChI=1S/C16H24O3/c1-16(18-2,15-10-6-5-7-11-15)12-8-3-4-9-13-19-14-17/h5-7,10-11,14H,3-4,8-9,12-13H2,1-2H3. The lowest BCUT2D eigenvalue weighted by atomic mass is 9.90. The highest BCUT2D eigenvalue weighted by molar-refractivity contribution is 5.36. The molecule has 0 spiro atoms. The molecule has 0 aliphatic rings. The Morgan fingerprint density at radius 2 is 1.79 bits per heavy atom. The van der Waals surface area contributed by atoms with E-state index in [1.807, 2.05) is 18.2 Å². The van der Waals surface area contributed by atoms with E-state index < -0.39 is 0 Å². The quantitative estimate of drug-likeness (QED) is 0.478. The van der Waals surface area contributed by atoms with Crippen molar-refractivity contribution in [1.82, 2.24) is 0 Å². The number of hydrogen-bond acceptors (Lipinski definition) is 3. The third-order valence-corrected chi connectivity index (χ3v) is 3.57. The predicted molar refractivity (Wildman–Crippen MR) is 75.9 cm³/mol. The molecule has 1 rings (SSSR count). The molecule has 1 atom stereocenters. The number of hydrogen-bond donors (Lipinski definition) is 0. The van der Waals surface area contributed by atoms with Crippen LogP contribution in [0.5, 0.6) is 0 Å². The van der Waals surface area contributed by atoms with Gasteiger partial charge in [-0.15, -0.1) is 0 Å². The molecular formula is C16H24O3. The summed E-state index contributed by atoms with van der Waals surface area (Å²) in [5.74, 6) is 0. The molecule has 3 heteroatoms. The minimum Gasteiger partial charge on any atom is -0.468 e. The van der Waals surface area contributed by atoms with E-state index >= 15 is 0 Å². The first kappa shape index (κ1) is 15.7. The molecule has 3 nitrogen and oxygen atoms in total. The topological polar surface area (TPSA) is 35.5 Å². The molecule has 0 bridgehead atoms. The molecule has 0 radical (unpaired) electrons. The van der Waals surface area contributed by atoms with Gasteiger partial charge in [0.05, 0.1) is 12.2 Å². The third-order valence-electron chi connectivity index (χ3n) is 3.57. The van der Waals surface area contributed by atoms with Crippen LogP contribution in [0.3, 0.4) is 0 Å². The van der Waals surface area contributed by atoms with Crippen LogP contribution in [-0.4, -0.2) is 20.2 Å². The Morgan fingerprint density at radius 3 is 2.42 bits per heavy atom. The Kier molecular flexibility index (Phi) is 7.19. The lowest BCUT2D eigenvalue weighted by Crippen LogP contribution is -2.24. The normalized spacial score (nSPS) is 13.8. The van der Waals surface area contributed by atoms with E-state index in [0.717, 1.165) is 32.1 Å². The number of methoxy groups -OCH3 is 1. The second kappa shape index (κ2) is 8.70. The molecular weight excluding hydrogens is 240 g/mol. The van der Waals surface area contributed by atoms with Gasteiger partial charge in [-0.05, 0) is 25.3 Å². The van der Waals surface area contributed by atoms with Gasteiger partial charge in [0, 0.05) is 7.11 Å². The number of carbonyl (C=O) groups excluding carboxylic acids is 1. The summed E-state index contributed by atoms with van der Waals surface area (Å²) >= 11 is 0. The predicted octanol–water partition coefficient (Wildman–Crippen LogP) is 3.67. The first-order chi connectivity index (χ1) is 9.23. The van der Waals surface area contributed by atoms with Crippen LogP contribution < -0.4 is 0 Å². The minimum absolute atomic E-state index is 0.208. The number of rotatable bonds is 10. The average Bonchev–Trinajstić information content (AvgIpc) is 2.47. The Balaban J connectivity index is 2.30. The van der Waals surface area contributed by atoms with Gasteiger partial charge >= 0.3 is 0 Å². The zero-order valence-electron chi connectivity index (χ0n) is 11.9. The van der Waals surface area contributed by atoms with Gasteiger partial charge in [-0.1, -0.05) is 49.6 Å². The highest BCUT2D eigenvalue weighted by Gasteiger charge is 2.24. The van der Waals surface area contributed by atoms with Crippen molar-refractivity contribution in [2.45, 2.75) is 44.6 Å². The van der Waals surface area contributed by atoms with Gasteiger partial charge in [0.25, 0.3) is 6.47 Å². The molecule has 1 unspecified atom stereocenters. The van der Waals surface area contributed by atoms with Crippen molar-refractivity contribution in [3.05, 3.63) is 35.9 Å². The zero-order valence-corrected chi connectivity index (χ0v) is 11.9. The van der Waals surface area contributed by atoms with Gasteiger partial charge in [0.15, 0.2) is 0 Å². The summed E-state index contributed by atoms with van der Waals surface area (Å²) in [6.45, 7) is 3.18. The highest BCUT2D eigenvalue weighted by atomic mass is 16.5. The Bertz CT molecular complexity index is 350. The van der Waals surface area contributed by atoms with E-state index in [0.29, 0.717) is 13.1 Å². The molecule has 19 heavy (non-hydrogen) atoms. The summed E-state index contributed by atoms with van der Waals surface area (Å²) in [6, 6.07) is 10.3. The van der Waals surface area contributed by atoms with Crippen LogP contribution in [0.15, 0.2) is 30.3 Å². The first-order valence-corrected chi connectivity index (χ1v) is 6.89. The van der Waals surface area contributed by atoms with Gasteiger partial charge in [-0.2, -0.15) is 0 Å². The van der Waals surface area contributed by atoms with Gasteiger partial charge in [-0.3, -0.25) is 4.79 Å². The third kappa shape index (κ3) is 5.43. The van der Waals surface area contributed by atoms with Gasteiger partial charge in [-0.25, -0.2) is 0 Å². The Labute approximate surface area is 115 Å².